The molecule has 0 aromatic heterocycles. The highest BCUT2D eigenvalue weighted by Gasteiger charge is 2.22. The lowest BCUT2D eigenvalue weighted by atomic mass is 10.2. The summed E-state index contributed by atoms with van der Waals surface area (Å²) >= 11 is 5.90. The van der Waals surface area contributed by atoms with E-state index in [4.69, 9.17) is 16.3 Å². The van der Waals surface area contributed by atoms with Gasteiger partial charge in [0.25, 0.3) is 0 Å². The lowest BCUT2D eigenvalue weighted by Gasteiger charge is -2.22. The van der Waals surface area contributed by atoms with Gasteiger partial charge in [0.2, 0.25) is 11.8 Å². The predicted octanol–water partition coefficient (Wildman–Crippen LogP) is 1.49. The van der Waals surface area contributed by atoms with Crippen LogP contribution in [0.4, 0.5) is 10.5 Å². The highest BCUT2D eigenvalue weighted by atomic mass is 35.5. The van der Waals surface area contributed by atoms with Crippen LogP contribution in [0, 0.1) is 0 Å². The van der Waals surface area contributed by atoms with Crippen molar-refractivity contribution in [2.45, 2.75) is 13.0 Å². The maximum Gasteiger partial charge on any atom is 0.413 e. The van der Waals surface area contributed by atoms with E-state index in [1.54, 1.807) is 32.2 Å². The molecule has 0 heterocycles. The Morgan fingerprint density at radius 1 is 1.29 bits per heavy atom. The molecule has 3 amide bonds. The van der Waals surface area contributed by atoms with E-state index in [1.165, 1.54) is 12.0 Å². The molecule has 24 heavy (non-hydrogen) atoms. The molecule has 1 aromatic rings. The molecule has 1 aromatic carbocycles. The van der Waals surface area contributed by atoms with Gasteiger partial charge in [-0.25, -0.2) is 4.79 Å². The van der Waals surface area contributed by atoms with Gasteiger partial charge in [0, 0.05) is 5.02 Å². The molecule has 0 radical (unpaired) electrons. The van der Waals surface area contributed by atoms with Gasteiger partial charge in [-0.2, -0.15) is 0 Å². The first kappa shape index (κ1) is 19.7. The van der Waals surface area contributed by atoms with E-state index >= 15 is 0 Å². The zero-order valence-electron chi connectivity index (χ0n) is 13.9. The number of rotatable bonds is 6. The summed E-state index contributed by atoms with van der Waals surface area (Å²) in [5.41, 5.74) is 0.426. The SMILES string of the molecule is COC(=O)NC(=O)[C@H](C)N(C)CC(=O)Nc1cc(Cl)ccc1OC. The number of carbonyl (C=O) groups is 3. The number of alkyl carbamates (subject to hydrolysis) is 1. The van der Waals surface area contributed by atoms with Gasteiger partial charge in [-0.1, -0.05) is 11.6 Å². The largest absolute Gasteiger partial charge is 0.495 e. The first-order valence-electron chi connectivity index (χ1n) is 7.01. The summed E-state index contributed by atoms with van der Waals surface area (Å²) in [7, 11) is 4.21. The number of anilines is 1. The van der Waals surface area contributed by atoms with E-state index < -0.39 is 18.0 Å². The highest BCUT2D eigenvalue weighted by Crippen LogP contribution is 2.27. The van der Waals surface area contributed by atoms with Crippen molar-refractivity contribution in [3.05, 3.63) is 23.2 Å². The summed E-state index contributed by atoms with van der Waals surface area (Å²) in [4.78, 5) is 36.5. The molecular weight excluding hydrogens is 338 g/mol. The predicted molar refractivity (Wildman–Crippen MR) is 89.3 cm³/mol. The molecule has 0 saturated heterocycles. The molecule has 0 unspecified atom stereocenters. The molecule has 2 N–H and O–H groups in total. The first-order valence-corrected chi connectivity index (χ1v) is 7.38. The lowest BCUT2D eigenvalue weighted by Crippen LogP contribution is -2.47. The maximum absolute atomic E-state index is 12.1. The van der Waals surface area contributed by atoms with Crippen LogP contribution >= 0.6 is 11.6 Å². The smallest absolute Gasteiger partial charge is 0.413 e. The molecule has 0 saturated carbocycles. The number of carbonyl (C=O) groups excluding carboxylic acids is 3. The van der Waals surface area contributed by atoms with E-state index in [9.17, 15) is 14.4 Å². The number of ether oxygens (including phenoxy) is 2. The second-order valence-electron chi connectivity index (χ2n) is 4.96. The number of benzene rings is 1. The Labute approximate surface area is 145 Å². The van der Waals surface area contributed by atoms with Gasteiger partial charge in [-0.3, -0.25) is 19.8 Å². The number of nitrogens with zero attached hydrogens (tertiary/aromatic N) is 1. The van der Waals surface area contributed by atoms with Gasteiger partial charge in [-0.05, 0) is 32.2 Å². The fourth-order valence-electron chi connectivity index (χ4n) is 1.79. The molecule has 1 atom stereocenters. The van der Waals surface area contributed by atoms with Gasteiger partial charge in [0.15, 0.2) is 0 Å². The van der Waals surface area contributed by atoms with Crippen molar-refractivity contribution < 1.29 is 23.9 Å². The molecule has 0 aliphatic rings. The van der Waals surface area contributed by atoms with Crippen LogP contribution in [-0.4, -0.2) is 56.7 Å². The van der Waals surface area contributed by atoms with Gasteiger partial charge in [-0.15, -0.1) is 0 Å². The van der Waals surface area contributed by atoms with E-state index in [-0.39, 0.29) is 12.5 Å². The van der Waals surface area contributed by atoms with Gasteiger partial charge >= 0.3 is 6.09 Å². The van der Waals surface area contributed by atoms with Crippen molar-refractivity contribution in [3.63, 3.8) is 0 Å². The topological polar surface area (TPSA) is 97.0 Å². The second kappa shape index (κ2) is 9.09. The van der Waals surface area contributed by atoms with Crippen LogP contribution in [0.5, 0.6) is 5.75 Å². The molecule has 132 valence electrons. The zero-order chi connectivity index (χ0) is 18.3. The average Bonchev–Trinajstić information content (AvgIpc) is 2.53. The van der Waals surface area contributed by atoms with E-state index in [0.717, 1.165) is 7.11 Å². The van der Waals surface area contributed by atoms with E-state index in [1.807, 2.05) is 5.32 Å². The summed E-state index contributed by atoms with van der Waals surface area (Å²) in [6.45, 7) is 1.48. The summed E-state index contributed by atoms with van der Waals surface area (Å²) in [6.07, 6.45) is -0.853. The minimum absolute atomic E-state index is 0.0779. The number of nitrogens with one attached hydrogen (secondary N) is 2. The van der Waals surface area contributed by atoms with Crippen molar-refractivity contribution in [1.29, 1.82) is 0 Å². The summed E-state index contributed by atoms with van der Waals surface area (Å²) in [6, 6.07) is 4.12. The number of amides is 3. The number of halogens is 1. The van der Waals surface area contributed by atoms with Crippen LogP contribution in [-0.2, 0) is 14.3 Å². The molecule has 0 aliphatic carbocycles. The molecule has 1 rings (SSSR count). The van der Waals surface area contributed by atoms with Gasteiger partial charge in [0.1, 0.15) is 5.75 Å². The molecule has 0 aliphatic heterocycles. The van der Waals surface area contributed by atoms with Gasteiger partial charge < -0.3 is 14.8 Å². The lowest BCUT2D eigenvalue weighted by molar-refractivity contribution is -0.125. The quantitative estimate of drug-likeness (QED) is 0.800. The van der Waals surface area contributed by atoms with Crippen LogP contribution in [0.25, 0.3) is 0 Å². The Bertz CT molecular complexity index is 623. The van der Waals surface area contributed by atoms with Crippen LogP contribution in [0.1, 0.15) is 6.92 Å². The molecule has 9 heteroatoms. The molecule has 0 fully saturated rings. The summed E-state index contributed by atoms with van der Waals surface area (Å²) in [5.74, 6) is -0.472. The summed E-state index contributed by atoms with van der Waals surface area (Å²) in [5, 5.41) is 5.16. The Hall–Kier alpha value is -2.32. The number of likely N-dealkylation sites (N-methyl/N-ethyl adjacent to an activating group) is 1. The van der Waals surface area contributed by atoms with Crippen LogP contribution < -0.4 is 15.4 Å². The Kier molecular flexibility index (Phi) is 7.47. The van der Waals surface area contributed by atoms with Crippen LogP contribution in [0.2, 0.25) is 5.02 Å². The van der Waals surface area contributed by atoms with Crippen molar-refractivity contribution >= 4 is 35.2 Å². The van der Waals surface area contributed by atoms with Crippen molar-refractivity contribution in [2.24, 2.45) is 0 Å². The fourth-order valence-corrected chi connectivity index (χ4v) is 1.96. The molecule has 0 spiro atoms. The maximum atomic E-state index is 12.1. The Morgan fingerprint density at radius 2 is 1.96 bits per heavy atom. The van der Waals surface area contributed by atoms with Crippen LogP contribution in [0.3, 0.4) is 0 Å². The third-order valence-electron chi connectivity index (χ3n) is 3.28. The van der Waals surface area contributed by atoms with Crippen molar-refractivity contribution in [3.8, 4) is 5.75 Å². The van der Waals surface area contributed by atoms with Gasteiger partial charge in [0.05, 0.1) is 32.5 Å². The standard InChI is InChI=1S/C15H20ClN3O5/c1-9(14(21)18-15(22)24-4)19(2)8-13(20)17-11-7-10(16)5-6-12(11)23-3/h5-7,9H,8H2,1-4H3,(H,17,20)(H,18,21,22)/t9-/m0/s1. The van der Waals surface area contributed by atoms with Crippen molar-refractivity contribution in [2.75, 3.05) is 33.1 Å². The Morgan fingerprint density at radius 3 is 2.54 bits per heavy atom. The average molecular weight is 358 g/mol. The molecular formula is C15H20ClN3O5. The number of methoxy groups -OCH3 is 2. The number of imide groups is 1. The minimum atomic E-state index is -0.853. The van der Waals surface area contributed by atoms with E-state index in [2.05, 4.69) is 10.1 Å². The second-order valence-corrected chi connectivity index (χ2v) is 5.40. The fraction of sp³-hybridized carbons (Fsp3) is 0.400. The van der Waals surface area contributed by atoms with E-state index in [0.29, 0.717) is 16.5 Å². The monoisotopic (exact) mass is 357 g/mol. The third-order valence-corrected chi connectivity index (χ3v) is 3.51. The third kappa shape index (κ3) is 5.71. The first-order chi connectivity index (χ1) is 11.3. The minimum Gasteiger partial charge on any atom is -0.495 e. The van der Waals surface area contributed by atoms with Crippen LogP contribution in [0.15, 0.2) is 18.2 Å². The molecule has 0 bridgehead atoms. The number of hydrogen-bond acceptors (Lipinski definition) is 6. The van der Waals surface area contributed by atoms with Crippen molar-refractivity contribution in [1.82, 2.24) is 10.2 Å². The Balaban J connectivity index is 2.65. The zero-order valence-corrected chi connectivity index (χ0v) is 14.6. The normalized spacial score (nSPS) is 11.6. The number of hydrogen-bond donors (Lipinski definition) is 2. The summed E-state index contributed by atoms with van der Waals surface area (Å²) < 4.78 is 9.50. The molecule has 8 nitrogen and oxygen atoms in total. The highest BCUT2D eigenvalue weighted by molar-refractivity contribution is 6.31.